The van der Waals surface area contributed by atoms with Crippen LogP contribution < -0.4 is 4.90 Å². The number of thioether (sulfide) groups is 1. The first-order valence-electron chi connectivity index (χ1n) is 11.9. The maximum atomic E-state index is 13.2. The Morgan fingerprint density at radius 3 is 2.39 bits per heavy atom. The van der Waals surface area contributed by atoms with Crippen LogP contribution in [0.5, 0.6) is 0 Å². The van der Waals surface area contributed by atoms with Crippen LogP contribution in [0.4, 0.5) is 5.95 Å². The van der Waals surface area contributed by atoms with Crippen LogP contribution >= 0.6 is 11.8 Å². The van der Waals surface area contributed by atoms with Crippen molar-refractivity contribution >= 4 is 29.6 Å². The summed E-state index contributed by atoms with van der Waals surface area (Å²) in [5.74, 6) is 0.662. The van der Waals surface area contributed by atoms with Crippen LogP contribution in [0.2, 0.25) is 0 Å². The molecule has 2 saturated heterocycles. The van der Waals surface area contributed by atoms with Gasteiger partial charge in [-0.25, -0.2) is 0 Å². The SMILES string of the molecule is CCOC(=O)C1CCN(C(=O)[C@@H](C)Sc2nnc(N3CCCC3)n2-c2ccc(C)cc2)CC1. The summed E-state index contributed by atoms with van der Waals surface area (Å²) >= 11 is 1.45. The predicted octanol–water partition coefficient (Wildman–Crippen LogP) is 3.46. The van der Waals surface area contributed by atoms with Gasteiger partial charge in [0.25, 0.3) is 0 Å². The Balaban J connectivity index is 1.47. The topological polar surface area (TPSA) is 80.6 Å². The third-order valence-electron chi connectivity index (χ3n) is 6.35. The molecule has 1 amide bonds. The van der Waals surface area contributed by atoms with Gasteiger partial charge in [0, 0.05) is 26.2 Å². The van der Waals surface area contributed by atoms with Gasteiger partial charge in [-0.3, -0.25) is 14.2 Å². The van der Waals surface area contributed by atoms with E-state index in [1.165, 1.54) is 17.3 Å². The minimum Gasteiger partial charge on any atom is -0.466 e. The Morgan fingerprint density at radius 1 is 1.09 bits per heavy atom. The van der Waals surface area contributed by atoms with E-state index in [-0.39, 0.29) is 23.0 Å². The average Bonchev–Trinajstić information content (AvgIpc) is 3.49. The van der Waals surface area contributed by atoms with E-state index in [9.17, 15) is 9.59 Å². The van der Waals surface area contributed by atoms with Crippen molar-refractivity contribution in [2.45, 2.75) is 56.9 Å². The number of amides is 1. The van der Waals surface area contributed by atoms with Crippen molar-refractivity contribution in [1.82, 2.24) is 19.7 Å². The van der Waals surface area contributed by atoms with Crippen molar-refractivity contribution in [3.63, 3.8) is 0 Å². The fourth-order valence-corrected chi connectivity index (χ4v) is 5.39. The fourth-order valence-electron chi connectivity index (χ4n) is 4.44. The van der Waals surface area contributed by atoms with E-state index >= 15 is 0 Å². The molecule has 0 spiro atoms. The summed E-state index contributed by atoms with van der Waals surface area (Å²) in [7, 11) is 0. The summed E-state index contributed by atoms with van der Waals surface area (Å²) in [4.78, 5) is 29.3. The van der Waals surface area contributed by atoms with Crippen molar-refractivity contribution in [3.8, 4) is 5.69 Å². The van der Waals surface area contributed by atoms with E-state index in [2.05, 4.69) is 50.9 Å². The third-order valence-corrected chi connectivity index (χ3v) is 7.38. The molecule has 1 atom stereocenters. The van der Waals surface area contributed by atoms with Crippen LogP contribution in [-0.4, -0.2) is 69.6 Å². The van der Waals surface area contributed by atoms with Crippen LogP contribution in [0.25, 0.3) is 5.69 Å². The molecule has 0 unspecified atom stereocenters. The van der Waals surface area contributed by atoms with Crippen LogP contribution in [0, 0.1) is 12.8 Å². The standard InChI is InChI=1S/C24H33N5O3S/c1-4-32-22(31)19-11-15-27(16-12-19)21(30)18(3)33-24-26-25-23(28-13-5-6-14-28)29(24)20-9-7-17(2)8-10-20/h7-10,18-19H,4-6,11-16H2,1-3H3/t18-/m1/s1. The molecule has 3 heterocycles. The summed E-state index contributed by atoms with van der Waals surface area (Å²) in [6.07, 6.45) is 3.61. The van der Waals surface area contributed by atoms with E-state index < -0.39 is 0 Å². The van der Waals surface area contributed by atoms with E-state index in [1.807, 2.05) is 18.7 Å². The molecule has 2 aliphatic heterocycles. The molecule has 33 heavy (non-hydrogen) atoms. The highest BCUT2D eigenvalue weighted by Crippen LogP contribution is 2.32. The van der Waals surface area contributed by atoms with Gasteiger partial charge < -0.3 is 14.5 Å². The van der Waals surface area contributed by atoms with Gasteiger partial charge in [-0.2, -0.15) is 0 Å². The molecule has 1 aromatic carbocycles. The molecule has 4 rings (SSSR count). The quantitative estimate of drug-likeness (QED) is 0.452. The Kier molecular flexibility index (Phi) is 7.57. The molecular formula is C24H33N5O3S. The van der Waals surface area contributed by atoms with Gasteiger partial charge in [-0.1, -0.05) is 29.5 Å². The van der Waals surface area contributed by atoms with E-state index in [4.69, 9.17) is 4.74 Å². The molecule has 0 N–H and O–H groups in total. The van der Waals surface area contributed by atoms with Crippen molar-refractivity contribution in [2.24, 2.45) is 5.92 Å². The lowest BCUT2D eigenvalue weighted by Gasteiger charge is -2.32. The third kappa shape index (κ3) is 5.34. The van der Waals surface area contributed by atoms with Gasteiger partial charge in [0.15, 0.2) is 5.16 Å². The molecule has 0 aliphatic carbocycles. The largest absolute Gasteiger partial charge is 0.466 e. The lowest BCUT2D eigenvalue weighted by Crippen LogP contribution is -2.43. The fraction of sp³-hybridized carbons (Fsp3) is 0.583. The summed E-state index contributed by atoms with van der Waals surface area (Å²) in [6, 6.07) is 8.32. The van der Waals surface area contributed by atoms with Gasteiger partial charge in [-0.15, -0.1) is 10.2 Å². The van der Waals surface area contributed by atoms with E-state index in [0.29, 0.717) is 32.5 Å². The van der Waals surface area contributed by atoms with Crippen LogP contribution in [0.15, 0.2) is 29.4 Å². The summed E-state index contributed by atoms with van der Waals surface area (Å²) in [6.45, 7) is 9.31. The number of hydrogen-bond donors (Lipinski definition) is 0. The first-order valence-corrected chi connectivity index (χ1v) is 12.8. The second-order valence-corrected chi connectivity index (χ2v) is 10.1. The molecule has 178 valence electrons. The molecule has 0 bridgehead atoms. The molecule has 1 aromatic heterocycles. The summed E-state index contributed by atoms with van der Waals surface area (Å²) in [5.41, 5.74) is 2.20. The van der Waals surface area contributed by atoms with Crippen LogP contribution in [-0.2, 0) is 14.3 Å². The number of anilines is 1. The van der Waals surface area contributed by atoms with Gasteiger partial charge in [0.1, 0.15) is 0 Å². The zero-order valence-corrected chi connectivity index (χ0v) is 20.5. The zero-order chi connectivity index (χ0) is 23.4. The molecule has 0 saturated carbocycles. The Labute approximate surface area is 199 Å². The summed E-state index contributed by atoms with van der Waals surface area (Å²) < 4.78 is 7.22. The molecular weight excluding hydrogens is 438 g/mol. The number of carbonyl (C=O) groups is 2. The number of nitrogens with zero attached hydrogens (tertiary/aromatic N) is 5. The molecule has 2 aromatic rings. The number of carbonyl (C=O) groups excluding carboxylic acids is 2. The number of benzene rings is 1. The molecule has 0 radical (unpaired) electrons. The maximum absolute atomic E-state index is 13.2. The average molecular weight is 472 g/mol. The highest BCUT2D eigenvalue weighted by atomic mass is 32.2. The van der Waals surface area contributed by atoms with E-state index in [1.54, 1.807) is 0 Å². The zero-order valence-electron chi connectivity index (χ0n) is 19.7. The van der Waals surface area contributed by atoms with Crippen molar-refractivity contribution in [3.05, 3.63) is 29.8 Å². The normalized spacial score (nSPS) is 17.9. The smallest absolute Gasteiger partial charge is 0.309 e. The lowest BCUT2D eigenvalue weighted by atomic mass is 9.97. The number of aromatic nitrogens is 3. The van der Waals surface area contributed by atoms with Crippen molar-refractivity contribution in [2.75, 3.05) is 37.7 Å². The lowest BCUT2D eigenvalue weighted by molar-refractivity contribution is -0.151. The first-order chi connectivity index (χ1) is 16.0. The second-order valence-electron chi connectivity index (χ2n) is 8.76. The number of esters is 1. The number of likely N-dealkylation sites (tertiary alicyclic amines) is 1. The van der Waals surface area contributed by atoms with Gasteiger partial charge in [0.2, 0.25) is 11.9 Å². The van der Waals surface area contributed by atoms with Gasteiger partial charge in [-0.05, 0) is 58.6 Å². The second kappa shape index (κ2) is 10.6. The monoisotopic (exact) mass is 471 g/mol. The van der Waals surface area contributed by atoms with E-state index in [0.717, 1.165) is 42.7 Å². The minimum atomic E-state index is -0.302. The number of piperidine rings is 1. The Morgan fingerprint density at radius 2 is 1.76 bits per heavy atom. The Bertz CT molecular complexity index is 963. The highest BCUT2D eigenvalue weighted by Gasteiger charge is 2.32. The summed E-state index contributed by atoms with van der Waals surface area (Å²) in [5, 5.41) is 9.42. The number of hydrogen-bond acceptors (Lipinski definition) is 7. The molecule has 2 fully saturated rings. The van der Waals surface area contributed by atoms with Gasteiger partial charge >= 0.3 is 5.97 Å². The minimum absolute atomic E-state index is 0.0727. The maximum Gasteiger partial charge on any atom is 0.309 e. The first kappa shape index (κ1) is 23.6. The predicted molar refractivity (Wildman–Crippen MR) is 129 cm³/mol. The molecule has 2 aliphatic rings. The molecule has 9 heteroatoms. The van der Waals surface area contributed by atoms with Crippen molar-refractivity contribution < 1.29 is 14.3 Å². The van der Waals surface area contributed by atoms with Crippen LogP contribution in [0.1, 0.15) is 45.1 Å². The van der Waals surface area contributed by atoms with Gasteiger partial charge in [0.05, 0.1) is 23.5 Å². The highest BCUT2D eigenvalue weighted by molar-refractivity contribution is 8.00. The number of rotatable bonds is 7. The number of ether oxygens (including phenoxy) is 1. The Hall–Kier alpha value is -2.55. The van der Waals surface area contributed by atoms with Crippen molar-refractivity contribution in [1.29, 1.82) is 0 Å². The molecule has 8 nitrogen and oxygen atoms in total. The van der Waals surface area contributed by atoms with Crippen LogP contribution in [0.3, 0.4) is 0 Å². The number of aryl methyl sites for hydroxylation is 1.